The van der Waals surface area contributed by atoms with E-state index in [0.29, 0.717) is 12.8 Å². The van der Waals surface area contributed by atoms with Crippen LogP contribution in [0.5, 0.6) is 0 Å². The van der Waals surface area contributed by atoms with Crippen molar-refractivity contribution in [2.45, 2.75) is 35.4 Å². The van der Waals surface area contributed by atoms with E-state index < -0.39 is 26.2 Å². The standard InChI is InChI=1S/C7H11FO3S/c8-7(3-4-7)12(10,11)6(5-9)1-2-6/h9H,1-5H2. The van der Waals surface area contributed by atoms with Gasteiger partial charge in [-0.2, -0.15) is 0 Å². The number of aliphatic hydroxyl groups excluding tert-OH is 1. The molecule has 0 saturated heterocycles. The molecule has 2 saturated carbocycles. The molecule has 2 fully saturated rings. The Morgan fingerprint density at radius 3 is 2.00 bits per heavy atom. The Hall–Kier alpha value is -0.160. The van der Waals surface area contributed by atoms with Crippen molar-refractivity contribution in [3.8, 4) is 0 Å². The lowest BCUT2D eigenvalue weighted by Crippen LogP contribution is -2.35. The van der Waals surface area contributed by atoms with Crippen molar-refractivity contribution >= 4 is 9.84 Å². The van der Waals surface area contributed by atoms with Gasteiger partial charge in [0.15, 0.2) is 9.84 Å². The monoisotopic (exact) mass is 194 g/mol. The molecule has 70 valence electrons. The summed E-state index contributed by atoms with van der Waals surface area (Å²) in [4.78, 5) is 0. The highest BCUT2D eigenvalue weighted by molar-refractivity contribution is 7.94. The third-order valence-corrected chi connectivity index (χ3v) is 5.84. The Kier molecular flexibility index (Phi) is 1.41. The van der Waals surface area contributed by atoms with Crippen molar-refractivity contribution in [2.24, 2.45) is 0 Å². The van der Waals surface area contributed by atoms with E-state index in [4.69, 9.17) is 5.11 Å². The second kappa shape index (κ2) is 2.01. The first kappa shape index (κ1) is 8.44. The summed E-state index contributed by atoms with van der Waals surface area (Å²) >= 11 is 0. The fourth-order valence-electron chi connectivity index (χ4n) is 1.41. The minimum atomic E-state index is -3.72. The third-order valence-electron chi connectivity index (χ3n) is 2.79. The molecule has 0 aliphatic heterocycles. The molecule has 0 aromatic heterocycles. The van der Waals surface area contributed by atoms with Gasteiger partial charge in [-0.05, 0) is 25.7 Å². The molecule has 0 radical (unpaired) electrons. The van der Waals surface area contributed by atoms with Gasteiger partial charge in [0.25, 0.3) is 0 Å². The topological polar surface area (TPSA) is 54.4 Å². The molecule has 0 heterocycles. The molecule has 5 heteroatoms. The molecule has 12 heavy (non-hydrogen) atoms. The predicted octanol–water partition coefficient (Wildman–Crippen LogP) is 0.386. The van der Waals surface area contributed by atoms with Gasteiger partial charge >= 0.3 is 0 Å². The molecule has 0 aromatic carbocycles. The van der Waals surface area contributed by atoms with Crippen molar-refractivity contribution in [1.82, 2.24) is 0 Å². The van der Waals surface area contributed by atoms with Crippen LogP contribution in [0.1, 0.15) is 25.7 Å². The quantitative estimate of drug-likeness (QED) is 0.707. The van der Waals surface area contributed by atoms with Crippen molar-refractivity contribution in [3.05, 3.63) is 0 Å². The van der Waals surface area contributed by atoms with Crippen LogP contribution in [-0.2, 0) is 9.84 Å². The van der Waals surface area contributed by atoms with E-state index >= 15 is 0 Å². The number of sulfone groups is 1. The lowest BCUT2D eigenvalue weighted by atomic mass is 10.5. The minimum Gasteiger partial charge on any atom is -0.395 e. The van der Waals surface area contributed by atoms with Gasteiger partial charge in [-0.25, -0.2) is 12.8 Å². The van der Waals surface area contributed by atoms with E-state index in [9.17, 15) is 12.8 Å². The summed E-state index contributed by atoms with van der Waals surface area (Å²) in [5.41, 5.74) is 0. The van der Waals surface area contributed by atoms with E-state index in [1.165, 1.54) is 0 Å². The zero-order chi connectivity index (χ0) is 9.04. The number of hydrogen-bond acceptors (Lipinski definition) is 3. The summed E-state index contributed by atoms with van der Waals surface area (Å²) in [5, 5.41) is 6.84. The summed E-state index contributed by atoms with van der Waals surface area (Å²) in [5.74, 6) is 0. The van der Waals surface area contributed by atoms with Crippen LogP contribution in [0.25, 0.3) is 0 Å². The van der Waals surface area contributed by atoms with Crippen molar-refractivity contribution in [3.63, 3.8) is 0 Å². The largest absolute Gasteiger partial charge is 0.395 e. The molecule has 3 nitrogen and oxygen atoms in total. The first-order valence-electron chi connectivity index (χ1n) is 4.01. The highest BCUT2D eigenvalue weighted by Crippen LogP contribution is 2.56. The number of halogens is 1. The van der Waals surface area contributed by atoms with Crippen LogP contribution in [0.4, 0.5) is 4.39 Å². The molecule has 0 atom stereocenters. The highest BCUT2D eigenvalue weighted by Gasteiger charge is 2.68. The van der Waals surface area contributed by atoms with E-state index in [1.54, 1.807) is 0 Å². The van der Waals surface area contributed by atoms with Gasteiger partial charge < -0.3 is 5.11 Å². The number of aliphatic hydroxyl groups is 1. The molecular weight excluding hydrogens is 183 g/mol. The highest BCUT2D eigenvalue weighted by atomic mass is 32.2. The predicted molar refractivity (Wildman–Crippen MR) is 41.0 cm³/mol. The van der Waals surface area contributed by atoms with Gasteiger partial charge in [-0.1, -0.05) is 0 Å². The molecule has 0 unspecified atom stereocenters. The smallest absolute Gasteiger partial charge is 0.211 e. The summed E-state index contributed by atoms with van der Waals surface area (Å²) < 4.78 is 35.2. The Morgan fingerprint density at radius 1 is 1.25 bits per heavy atom. The van der Waals surface area contributed by atoms with Gasteiger partial charge in [-0.15, -0.1) is 0 Å². The summed E-state index contributed by atoms with van der Waals surface area (Å²) in [6.07, 6.45) is 1.04. The maximum atomic E-state index is 13.3. The molecule has 2 rings (SSSR count). The van der Waals surface area contributed by atoms with Crippen molar-refractivity contribution in [2.75, 3.05) is 6.61 Å². The van der Waals surface area contributed by atoms with Gasteiger partial charge in [-0.3, -0.25) is 0 Å². The SMILES string of the molecule is O=S(=O)(C1(F)CC1)C1(CO)CC1. The fourth-order valence-corrected chi connectivity index (χ4v) is 3.63. The molecule has 0 amide bonds. The second-order valence-corrected chi connectivity index (χ2v) is 6.33. The number of alkyl halides is 1. The summed E-state index contributed by atoms with van der Waals surface area (Å²) in [7, 11) is -3.72. The van der Waals surface area contributed by atoms with Gasteiger partial charge in [0, 0.05) is 0 Å². The van der Waals surface area contributed by atoms with Crippen LogP contribution < -0.4 is 0 Å². The van der Waals surface area contributed by atoms with Crippen LogP contribution in [0.2, 0.25) is 0 Å². The molecule has 2 aliphatic carbocycles. The lowest BCUT2D eigenvalue weighted by Gasteiger charge is -2.15. The average molecular weight is 194 g/mol. The summed E-state index contributed by atoms with van der Waals surface area (Å²) in [6, 6.07) is 0. The van der Waals surface area contributed by atoms with Gasteiger partial charge in [0.2, 0.25) is 5.00 Å². The number of rotatable bonds is 3. The summed E-state index contributed by atoms with van der Waals surface area (Å²) in [6.45, 7) is -0.430. The lowest BCUT2D eigenvalue weighted by molar-refractivity contribution is 0.278. The molecule has 2 aliphatic rings. The maximum Gasteiger partial charge on any atom is 0.211 e. The maximum absolute atomic E-state index is 13.3. The first-order valence-corrected chi connectivity index (χ1v) is 5.50. The Bertz CT molecular complexity index is 301. The Balaban J connectivity index is 2.33. The zero-order valence-corrected chi connectivity index (χ0v) is 7.40. The van der Waals surface area contributed by atoms with Gasteiger partial charge in [0.05, 0.1) is 11.4 Å². The third kappa shape index (κ3) is 0.808. The van der Waals surface area contributed by atoms with Crippen LogP contribution in [0.3, 0.4) is 0 Å². The van der Waals surface area contributed by atoms with Crippen LogP contribution in [0, 0.1) is 0 Å². The van der Waals surface area contributed by atoms with Crippen molar-refractivity contribution in [1.29, 1.82) is 0 Å². The molecule has 1 N–H and O–H groups in total. The molecule has 0 spiro atoms. The first-order chi connectivity index (χ1) is 5.47. The minimum absolute atomic E-state index is 0.108. The average Bonchev–Trinajstić information content (AvgIpc) is 2.81. The Morgan fingerprint density at radius 2 is 1.75 bits per heavy atom. The molecule has 0 bridgehead atoms. The molecular formula is C7H11FO3S. The van der Waals surface area contributed by atoms with Crippen molar-refractivity contribution < 1.29 is 17.9 Å². The fraction of sp³-hybridized carbons (Fsp3) is 1.00. The van der Waals surface area contributed by atoms with E-state index in [1.807, 2.05) is 0 Å². The Labute approximate surface area is 70.5 Å². The molecule has 0 aromatic rings. The van der Waals surface area contributed by atoms with E-state index in [-0.39, 0.29) is 12.8 Å². The van der Waals surface area contributed by atoms with Gasteiger partial charge in [0.1, 0.15) is 0 Å². The number of hydrogen-bond donors (Lipinski definition) is 1. The van der Waals surface area contributed by atoms with Crippen LogP contribution >= 0.6 is 0 Å². The van der Waals surface area contributed by atoms with E-state index in [2.05, 4.69) is 0 Å². The zero-order valence-electron chi connectivity index (χ0n) is 6.59. The normalized spacial score (nSPS) is 29.8. The van der Waals surface area contributed by atoms with Crippen LogP contribution in [-0.4, -0.2) is 29.9 Å². The van der Waals surface area contributed by atoms with Crippen LogP contribution in [0.15, 0.2) is 0 Å². The second-order valence-electron chi connectivity index (χ2n) is 3.73. The van der Waals surface area contributed by atoms with E-state index in [0.717, 1.165) is 0 Å².